The quantitative estimate of drug-likeness (QED) is 0.874. The molecule has 88 valence electrons. The minimum Gasteiger partial charge on any atom is -0.481 e. The van der Waals surface area contributed by atoms with E-state index in [1.807, 2.05) is 25.1 Å². The van der Waals surface area contributed by atoms with Crippen LogP contribution in [0.15, 0.2) is 30.7 Å². The van der Waals surface area contributed by atoms with Gasteiger partial charge in [-0.1, -0.05) is 6.07 Å². The molecule has 0 aliphatic heterocycles. The zero-order valence-corrected chi connectivity index (χ0v) is 9.66. The molecule has 5 heteroatoms. The van der Waals surface area contributed by atoms with Gasteiger partial charge in [0.2, 0.25) is 0 Å². The molecule has 5 nitrogen and oxygen atoms in total. The van der Waals surface area contributed by atoms with E-state index in [1.165, 1.54) is 0 Å². The maximum Gasteiger partial charge on any atom is 0.312 e. The van der Waals surface area contributed by atoms with Gasteiger partial charge in [-0.05, 0) is 26.0 Å². The van der Waals surface area contributed by atoms with E-state index in [4.69, 9.17) is 5.11 Å². The molecule has 0 fully saturated rings. The number of pyridine rings is 1. The average Bonchev–Trinajstić information content (AvgIpc) is 2.77. The van der Waals surface area contributed by atoms with Crippen LogP contribution >= 0.6 is 0 Å². The molecule has 0 saturated heterocycles. The van der Waals surface area contributed by atoms with Crippen molar-refractivity contribution in [3.05, 3.63) is 42.1 Å². The zero-order valence-electron chi connectivity index (χ0n) is 9.66. The number of carbonyl (C=O) groups is 1. The summed E-state index contributed by atoms with van der Waals surface area (Å²) >= 11 is 0. The first-order valence-corrected chi connectivity index (χ1v) is 5.28. The highest BCUT2D eigenvalue weighted by molar-refractivity contribution is 5.74. The van der Waals surface area contributed by atoms with Crippen molar-refractivity contribution in [3.8, 4) is 5.82 Å². The van der Waals surface area contributed by atoms with Crippen LogP contribution in [0, 0.1) is 6.92 Å². The molecule has 0 amide bonds. The molecule has 0 spiro atoms. The van der Waals surface area contributed by atoms with Crippen LogP contribution in [-0.4, -0.2) is 25.6 Å². The molecule has 0 saturated carbocycles. The lowest BCUT2D eigenvalue weighted by molar-refractivity contribution is -0.138. The van der Waals surface area contributed by atoms with Gasteiger partial charge in [0.15, 0.2) is 0 Å². The first-order chi connectivity index (χ1) is 8.08. The molecule has 2 rings (SSSR count). The second-order valence-corrected chi connectivity index (χ2v) is 3.90. The van der Waals surface area contributed by atoms with Crippen LogP contribution in [0.5, 0.6) is 0 Å². The number of carboxylic acid groups (broad SMARTS) is 1. The number of aliphatic carboxylic acids is 1. The van der Waals surface area contributed by atoms with Crippen molar-refractivity contribution < 1.29 is 9.90 Å². The van der Waals surface area contributed by atoms with E-state index in [0.717, 1.165) is 11.5 Å². The van der Waals surface area contributed by atoms with Crippen LogP contribution in [0.1, 0.15) is 24.2 Å². The largest absolute Gasteiger partial charge is 0.481 e. The average molecular weight is 231 g/mol. The molecule has 2 aromatic rings. The molecule has 1 unspecified atom stereocenters. The van der Waals surface area contributed by atoms with Crippen molar-refractivity contribution in [2.24, 2.45) is 0 Å². The second kappa shape index (κ2) is 4.37. The summed E-state index contributed by atoms with van der Waals surface area (Å²) in [6.07, 6.45) is 3.27. The Balaban J connectivity index is 2.33. The number of hydrogen-bond donors (Lipinski definition) is 1. The molecule has 0 aromatic carbocycles. The highest BCUT2D eigenvalue weighted by atomic mass is 16.4. The number of carboxylic acids is 1. The van der Waals surface area contributed by atoms with Crippen molar-refractivity contribution in [2.45, 2.75) is 19.8 Å². The maximum atomic E-state index is 10.8. The number of hydrogen-bond acceptors (Lipinski definition) is 3. The standard InChI is InChI=1S/C12H13N3O2/c1-8-4-3-5-11(14-8)15-6-10(13-7-15)9(2)12(16)17/h3-7,9H,1-2H3,(H,16,17). The molecular weight excluding hydrogens is 218 g/mol. The van der Waals surface area contributed by atoms with E-state index in [2.05, 4.69) is 9.97 Å². The van der Waals surface area contributed by atoms with Crippen molar-refractivity contribution >= 4 is 5.97 Å². The predicted molar refractivity (Wildman–Crippen MR) is 62.1 cm³/mol. The number of rotatable bonds is 3. The highest BCUT2D eigenvalue weighted by Gasteiger charge is 2.16. The summed E-state index contributed by atoms with van der Waals surface area (Å²) in [4.78, 5) is 19.3. The van der Waals surface area contributed by atoms with E-state index >= 15 is 0 Å². The molecular formula is C12H13N3O2. The summed E-state index contributed by atoms with van der Waals surface area (Å²) in [6, 6.07) is 5.66. The van der Waals surface area contributed by atoms with Crippen molar-refractivity contribution in [2.75, 3.05) is 0 Å². The fourth-order valence-electron chi connectivity index (χ4n) is 1.49. The van der Waals surface area contributed by atoms with Gasteiger partial charge in [-0.25, -0.2) is 9.97 Å². The zero-order chi connectivity index (χ0) is 12.4. The summed E-state index contributed by atoms with van der Waals surface area (Å²) in [7, 11) is 0. The Bertz CT molecular complexity index is 548. The lowest BCUT2D eigenvalue weighted by Crippen LogP contribution is -2.07. The molecule has 0 aliphatic rings. The van der Waals surface area contributed by atoms with Gasteiger partial charge in [0.25, 0.3) is 0 Å². The van der Waals surface area contributed by atoms with Crippen LogP contribution in [0.25, 0.3) is 5.82 Å². The number of aryl methyl sites for hydroxylation is 1. The summed E-state index contributed by atoms with van der Waals surface area (Å²) in [5.41, 5.74) is 1.44. The Labute approximate surface area is 98.8 Å². The fraction of sp³-hybridized carbons (Fsp3) is 0.250. The van der Waals surface area contributed by atoms with Crippen LogP contribution < -0.4 is 0 Å². The summed E-state index contributed by atoms with van der Waals surface area (Å²) in [5.74, 6) is -0.755. The smallest absolute Gasteiger partial charge is 0.312 e. The minimum absolute atomic E-state index is 0.529. The summed E-state index contributed by atoms with van der Waals surface area (Å²) in [5, 5.41) is 8.89. The molecule has 2 heterocycles. The Kier molecular flexibility index (Phi) is 2.91. The topological polar surface area (TPSA) is 68.0 Å². The molecule has 0 bridgehead atoms. The van der Waals surface area contributed by atoms with Crippen molar-refractivity contribution in [1.29, 1.82) is 0 Å². The van der Waals surface area contributed by atoms with Crippen LogP contribution in [0.3, 0.4) is 0 Å². The SMILES string of the molecule is Cc1cccc(-n2cnc(C(C)C(=O)O)c2)n1. The van der Waals surface area contributed by atoms with Gasteiger partial charge in [-0.15, -0.1) is 0 Å². The molecule has 1 atom stereocenters. The Hall–Kier alpha value is -2.17. The number of imidazole rings is 1. The van der Waals surface area contributed by atoms with E-state index in [1.54, 1.807) is 24.0 Å². The van der Waals surface area contributed by atoms with Crippen LogP contribution in [0.4, 0.5) is 0 Å². The van der Waals surface area contributed by atoms with Gasteiger partial charge in [0.05, 0.1) is 11.6 Å². The monoisotopic (exact) mass is 231 g/mol. The van der Waals surface area contributed by atoms with Gasteiger partial charge in [0.1, 0.15) is 12.1 Å². The van der Waals surface area contributed by atoms with Gasteiger partial charge < -0.3 is 5.11 Å². The Morgan fingerprint density at radius 1 is 1.47 bits per heavy atom. The predicted octanol–water partition coefficient (Wildman–Crippen LogP) is 1.76. The molecule has 2 aromatic heterocycles. The van der Waals surface area contributed by atoms with Gasteiger partial charge >= 0.3 is 5.97 Å². The van der Waals surface area contributed by atoms with Gasteiger partial charge in [0, 0.05) is 11.9 Å². The first kappa shape index (κ1) is 11.3. The number of aromatic nitrogens is 3. The van der Waals surface area contributed by atoms with E-state index < -0.39 is 11.9 Å². The van der Waals surface area contributed by atoms with Crippen LogP contribution in [0.2, 0.25) is 0 Å². The Morgan fingerprint density at radius 3 is 2.88 bits per heavy atom. The van der Waals surface area contributed by atoms with E-state index in [-0.39, 0.29) is 0 Å². The lowest BCUT2D eigenvalue weighted by Gasteiger charge is -2.02. The molecule has 1 N–H and O–H groups in total. The highest BCUT2D eigenvalue weighted by Crippen LogP contribution is 2.14. The van der Waals surface area contributed by atoms with Crippen LogP contribution in [-0.2, 0) is 4.79 Å². The van der Waals surface area contributed by atoms with E-state index in [9.17, 15) is 4.79 Å². The summed E-state index contributed by atoms with van der Waals surface area (Å²) < 4.78 is 1.72. The van der Waals surface area contributed by atoms with Crippen molar-refractivity contribution in [3.63, 3.8) is 0 Å². The van der Waals surface area contributed by atoms with E-state index in [0.29, 0.717) is 5.69 Å². The third-order valence-corrected chi connectivity index (χ3v) is 2.55. The molecule has 0 aliphatic carbocycles. The fourth-order valence-corrected chi connectivity index (χ4v) is 1.49. The van der Waals surface area contributed by atoms with Crippen molar-refractivity contribution in [1.82, 2.24) is 14.5 Å². The normalized spacial score (nSPS) is 12.4. The molecule has 17 heavy (non-hydrogen) atoms. The minimum atomic E-state index is -0.882. The first-order valence-electron chi connectivity index (χ1n) is 5.28. The lowest BCUT2D eigenvalue weighted by atomic mass is 10.1. The van der Waals surface area contributed by atoms with Gasteiger partial charge in [-0.3, -0.25) is 9.36 Å². The summed E-state index contributed by atoms with van der Waals surface area (Å²) in [6.45, 7) is 3.51. The second-order valence-electron chi connectivity index (χ2n) is 3.90. The Morgan fingerprint density at radius 2 is 2.24 bits per heavy atom. The number of nitrogens with zero attached hydrogens (tertiary/aromatic N) is 3. The van der Waals surface area contributed by atoms with Gasteiger partial charge in [-0.2, -0.15) is 0 Å². The molecule has 0 radical (unpaired) electrons. The third kappa shape index (κ3) is 2.33. The maximum absolute atomic E-state index is 10.8. The third-order valence-electron chi connectivity index (χ3n) is 2.55.